The summed E-state index contributed by atoms with van der Waals surface area (Å²) in [6, 6.07) is 6.03. The van der Waals surface area contributed by atoms with Gasteiger partial charge >= 0.3 is 12.0 Å². The van der Waals surface area contributed by atoms with Gasteiger partial charge in [-0.15, -0.1) is 5.10 Å². The van der Waals surface area contributed by atoms with E-state index in [0.717, 1.165) is 0 Å². The summed E-state index contributed by atoms with van der Waals surface area (Å²) >= 11 is 0. The van der Waals surface area contributed by atoms with E-state index in [1.54, 1.807) is 26.1 Å². The number of nitrogens with zero attached hydrogens (tertiary/aromatic N) is 3. The van der Waals surface area contributed by atoms with E-state index in [-0.39, 0.29) is 25.0 Å². The summed E-state index contributed by atoms with van der Waals surface area (Å²) < 4.78 is 24.5. The maximum absolute atomic E-state index is 13.2. The Hall–Kier alpha value is -2.44. The Labute approximate surface area is 115 Å². The number of hydrogen-bond donors (Lipinski definition) is 0. The molecule has 0 fully saturated rings. The first kappa shape index (κ1) is 14.0. The Morgan fingerprint density at radius 3 is 2.95 bits per heavy atom. The molecular formula is C13H14FN3O3. The lowest BCUT2D eigenvalue weighted by atomic mass is 10.2. The highest BCUT2D eigenvalue weighted by molar-refractivity contribution is 5.70. The first-order chi connectivity index (χ1) is 9.60. The van der Waals surface area contributed by atoms with Crippen molar-refractivity contribution in [2.45, 2.75) is 6.92 Å². The van der Waals surface area contributed by atoms with Crippen LogP contribution >= 0.6 is 0 Å². The summed E-state index contributed by atoms with van der Waals surface area (Å²) in [5.41, 5.74) is 0.575. The number of carbonyl (C=O) groups excluding carboxylic acids is 1. The Bertz CT molecular complexity index is 613. The molecule has 2 aromatic rings. The zero-order valence-electron chi connectivity index (χ0n) is 11.2. The molecule has 6 nitrogen and oxygen atoms in total. The van der Waals surface area contributed by atoms with Crippen LogP contribution in [-0.2, 0) is 16.6 Å². The standard InChI is InChI=1S/C13H14FN3O3/c1-3-19-11(18)8-20-13-15-12(17(2)16-13)9-5-4-6-10(14)7-9/h4-7H,3,8H2,1-2H3. The van der Waals surface area contributed by atoms with Gasteiger partial charge in [-0.3, -0.25) is 0 Å². The van der Waals surface area contributed by atoms with E-state index in [9.17, 15) is 9.18 Å². The summed E-state index contributed by atoms with van der Waals surface area (Å²) in [6.07, 6.45) is 0. The Morgan fingerprint density at radius 1 is 1.45 bits per heavy atom. The molecule has 0 N–H and O–H groups in total. The molecule has 1 heterocycles. The van der Waals surface area contributed by atoms with Gasteiger partial charge in [-0.2, -0.15) is 4.98 Å². The fourth-order valence-corrected chi connectivity index (χ4v) is 1.63. The average molecular weight is 279 g/mol. The van der Waals surface area contributed by atoms with Gasteiger partial charge in [-0.25, -0.2) is 13.9 Å². The van der Waals surface area contributed by atoms with Gasteiger partial charge in [0.2, 0.25) is 0 Å². The van der Waals surface area contributed by atoms with Gasteiger partial charge in [-0.1, -0.05) is 12.1 Å². The Balaban J connectivity index is 2.12. The van der Waals surface area contributed by atoms with Crippen LogP contribution in [0, 0.1) is 5.82 Å². The van der Waals surface area contributed by atoms with E-state index in [1.165, 1.54) is 16.8 Å². The van der Waals surface area contributed by atoms with Crippen LogP contribution in [0.4, 0.5) is 4.39 Å². The number of esters is 1. The molecule has 0 spiro atoms. The van der Waals surface area contributed by atoms with Gasteiger partial charge in [0.25, 0.3) is 0 Å². The molecule has 0 bridgehead atoms. The van der Waals surface area contributed by atoms with Crippen LogP contribution in [0.1, 0.15) is 6.92 Å². The summed E-state index contributed by atoms with van der Waals surface area (Å²) in [4.78, 5) is 15.3. The molecule has 0 unspecified atom stereocenters. The normalized spacial score (nSPS) is 10.3. The SMILES string of the molecule is CCOC(=O)COc1nc(-c2cccc(F)c2)n(C)n1. The van der Waals surface area contributed by atoms with Crippen molar-refractivity contribution < 1.29 is 18.7 Å². The smallest absolute Gasteiger partial charge is 0.344 e. The lowest BCUT2D eigenvalue weighted by Crippen LogP contribution is -2.15. The number of hydrogen-bond acceptors (Lipinski definition) is 5. The van der Waals surface area contributed by atoms with Crippen molar-refractivity contribution in [2.24, 2.45) is 7.05 Å². The maximum atomic E-state index is 13.2. The monoisotopic (exact) mass is 279 g/mol. The Morgan fingerprint density at radius 2 is 2.25 bits per heavy atom. The van der Waals surface area contributed by atoms with Crippen LogP contribution in [0.2, 0.25) is 0 Å². The maximum Gasteiger partial charge on any atom is 0.344 e. The van der Waals surface area contributed by atoms with Crippen molar-refractivity contribution in [2.75, 3.05) is 13.2 Å². The first-order valence-electron chi connectivity index (χ1n) is 6.05. The van der Waals surface area contributed by atoms with Crippen molar-refractivity contribution in [1.29, 1.82) is 0 Å². The zero-order chi connectivity index (χ0) is 14.5. The lowest BCUT2D eigenvalue weighted by Gasteiger charge is -2.00. The molecule has 20 heavy (non-hydrogen) atoms. The van der Waals surface area contributed by atoms with E-state index >= 15 is 0 Å². The van der Waals surface area contributed by atoms with Crippen LogP contribution in [-0.4, -0.2) is 33.9 Å². The third kappa shape index (κ3) is 3.31. The van der Waals surface area contributed by atoms with Gasteiger partial charge < -0.3 is 9.47 Å². The van der Waals surface area contributed by atoms with Gasteiger partial charge in [0.05, 0.1) is 6.61 Å². The van der Waals surface area contributed by atoms with Crippen molar-refractivity contribution in [3.05, 3.63) is 30.1 Å². The van der Waals surface area contributed by atoms with Crippen molar-refractivity contribution in [3.63, 3.8) is 0 Å². The molecule has 106 valence electrons. The predicted octanol–water partition coefficient (Wildman–Crippen LogP) is 1.56. The first-order valence-corrected chi connectivity index (χ1v) is 6.05. The fourth-order valence-electron chi connectivity index (χ4n) is 1.63. The predicted molar refractivity (Wildman–Crippen MR) is 68.5 cm³/mol. The molecule has 0 atom stereocenters. The molecule has 0 saturated heterocycles. The molecule has 0 aliphatic heterocycles. The molecule has 0 saturated carbocycles. The van der Waals surface area contributed by atoms with E-state index in [0.29, 0.717) is 11.4 Å². The molecule has 1 aromatic carbocycles. The van der Waals surface area contributed by atoms with E-state index in [1.807, 2.05) is 0 Å². The highest BCUT2D eigenvalue weighted by atomic mass is 19.1. The molecule has 0 amide bonds. The van der Waals surface area contributed by atoms with E-state index in [2.05, 4.69) is 10.1 Å². The molecule has 0 aliphatic carbocycles. The third-order valence-corrected chi connectivity index (χ3v) is 2.45. The van der Waals surface area contributed by atoms with Crippen molar-refractivity contribution in [3.8, 4) is 17.4 Å². The van der Waals surface area contributed by atoms with E-state index in [4.69, 9.17) is 9.47 Å². The van der Waals surface area contributed by atoms with Gasteiger partial charge in [0, 0.05) is 12.6 Å². The number of halogens is 1. The summed E-state index contributed by atoms with van der Waals surface area (Å²) in [6.45, 7) is 1.73. The Kier molecular flexibility index (Phi) is 4.29. The second-order valence-electron chi connectivity index (χ2n) is 3.95. The second kappa shape index (κ2) is 6.14. The number of aromatic nitrogens is 3. The average Bonchev–Trinajstić information content (AvgIpc) is 2.78. The van der Waals surface area contributed by atoms with Crippen LogP contribution in [0.25, 0.3) is 11.4 Å². The number of rotatable bonds is 5. The number of benzene rings is 1. The topological polar surface area (TPSA) is 66.2 Å². The lowest BCUT2D eigenvalue weighted by molar-refractivity contribution is -0.145. The van der Waals surface area contributed by atoms with Gasteiger partial charge in [0.15, 0.2) is 12.4 Å². The van der Waals surface area contributed by atoms with Crippen LogP contribution in [0.15, 0.2) is 24.3 Å². The van der Waals surface area contributed by atoms with Crippen LogP contribution in [0.5, 0.6) is 6.01 Å². The van der Waals surface area contributed by atoms with Crippen molar-refractivity contribution in [1.82, 2.24) is 14.8 Å². The van der Waals surface area contributed by atoms with Gasteiger partial charge in [0.1, 0.15) is 5.82 Å². The minimum atomic E-state index is -0.493. The summed E-state index contributed by atoms with van der Waals surface area (Å²) in [5, 5.41) is 4.00. The third-order valence-electron chi connectivity index (χ3n) is 2.45. The highest BCUT2D eigenvalue weighted by Crippen LogP contribution is 2.19. The molecule has 1 aromatic heterocycles. The fraction of sp³-hybridized carbons (Fsp3) is 0.308. The molecule has 0 aliphatic rings. The van der Waals surface area contributed by atoms with Gasteiger partial charge in [-0.05, 0) is 19.1 Å². The molecule has 7 heteroatoms. The number of aryl methyl sites for hydroxylation is 1. The highest BCUT2D eigenvalue weighted by Gasteiger charge is 2.12. The summed E-state index contributed by atoms with van der Waals surface area (Å²) in [5.74, 6) is -0.407. The second-order valence-corrected chi connectivity index (χ2v) is 3.95. The van der Waals surface area contributed by atoms with Crippen molar-refractivity contribution >= 4 is 5.97 Å². The van der Waals surface area contributed by atoms with Crippen LogP contribution < -0.4 is 4.74 Å². The number of carbonyl (C=O) groups is 1. The molecule has 2 rings (SSSR count). The molecular weight excluding hydrogens is 265 g/mol. The summed E-state index contributed by atoms with van der Waals surface area (Å²) in [7, 11) is 1.66. The van der Waals surface area contributed by atoms with Crippen LogP contribution in [0.3, 0.4) is 0 Å². The number of ether oxygens (including phenoxy) is 2. The zero-order valence-corrected chi connectivity index (χ0v) is 11.2. The molecule has 0 radical (unpaired) electrons. The van der Waals surface area contributed by atoms with E-state index < -0.39 is 5.97 Å². The quantitative estimate of drug-likeness (QED) is 0.777. The largest absolute Gasteiger partial charge is 0.463 e. The minimum absolute atomic E-state index is 0.0415. The minimum Gasteiger partial charge on any atom is -0.463 e.